The number of rotatable bonds is 3. The van der Waals surface area contributed by atoms with E-state index in [2.05, 4.69) is 12.1 Å². The first-order valence-corrected chi connectivity index (χ1v) is 5.69. The summed E-state index contributed by atoms with van der Waals surface area (Å²) in [4.78, 5) is 10.9. The molecular formula is C14H16O2. The summed E-state index contributed by atoms with van der Waals surface area (Å²) in [6.07, 6.45) is 3.97. The lowest BCUT2D eigenvalue weighted by Gasteiger charge is -2.07. The largest absolute Gasteiger partial charge is 0.431 e. The lowest BCUT2D eigenvalue weighted by molar-refractivity contribution is -0.137. The molecule has 1 aliphatic carbocycles. The highest BCUT2D eigenvalue weighted by atomic mass is 16.5. The molecule has 0 spiro atoms. The highest BCUT2D eigenvalue weighted by Crippen LogP contribution is 2.29. The van der Waals surface area contributed by atoms with Gasteiger partial charge in [-0.15, -0.1) is 0 Å². The molecule has 0 N–H and O–H groups in total. The minimum absolute atomic E-state index is 0.206. The van der Waals surface area contributed by atoms with Gasteiger partial charge in [0.15, 0.2) is 0 Å². The van der Waals surface area contributed by atoms with Crippen molar-refractivity contribution in [2.75, 3.05) is 0 Å². The van der Waals surface area contributed by atoms with E-state index in [9.17, 15) is 4.79 Å². The lowest BCUT2D eigenvalue weighted by atomic mass is 10.0. The fraction of sp³-hybridized carbons (Fsp3) is 0.357. The van der Waals surface area contributed by atoms with Crippen LogP contribution in [0.25, 0.3) is 0 Å². The summed E-state index contributed by atoms with van der Waals surface area (Å²) < 4.78 is 5.24. The molecule has 0 bridgehead atoms. The summed E-state index contributed by atoms with van der Waals surface area (Å²) in [5, 5.41) is 0. The van der Waals surface area contributed by atoms with E-state index in [1.807, 2.05) is 18.2 Å². The molecule has 0 amide bonds. The van der Waals surface area contributed by atoms with Crippen molar-refractivity contribution in [1.82, 2.24) is 0 Å². The molecule has 2 rings (SSSR count). The van der Waals surface area contributed by atoms with Gasteiger partial charge < -0.3 is 4.74 Å². The molecule has 0 saturated carbocycles. The van der Waals surface area contributed by atoms with Gasteiger partial charge in [0.25, 0.3) is 0 Å². The van der Waals surface area contributed by atoms with E-state index in [1.165, 1.54) is 18.1 Å². The number of allylic oxidation sites excluding steroid dienone is 2. The van der Waals surface area contributed by atoms with Crippen LogP contribution in [-0.4, -0.2) is 5.97 Å². The number of hydrogen-bond acceptors (Lipinski definition) is 2. The predicted octanol–water partition coefficient (Wildman–Crippen LogP) is 3.23. The number of esters is 1. The topological polar surface area (TPSA) is 26.3 Å². The van der Waals surface area contributed by atoms with Crippen molar-refractivity contribution in [3.63, 3.8) is 0 Å². The molecule has 16 heavy (non-hydrogen) atoms. The fourth-order valence-electron chi connectivity index (χ4n) is 2.10. The Bertz CT molecular complexity index is 404. The van der Waals surface area contributed by atoms with Crippen molar-refractivity contribution in [2.24, 2.45) is 0 Å². The quantitative estimate of drug-likeness (QED) is 0.725. The molecule has 1 aromatic rings. The lowest BCUT2D eigenvalue weighted by Crippen LogP contribution is -2.00. The maximum atomic E-state index is 10.9. The third-order valence-electron chi connectivity index (χ3n) is 2.80. The molecule has 2 heteroatoms. The van der Waals surface area contributed by atoms with Crippen molar-refractivity contribution < 1.29 is 9.53 Å². The Morgan fingerprint density at radius 3 is 2.69 bits per heavy atom. The van der Waals surface area contributed by atoms with E-state index >= 15 is 0 Å². The summed E-state index contributed by atoms with van der Waals surface area (Å²) in [5.74, 6) is 0.693. The molecule has 1 aliphatic rings. The molecule has 0 saturated heterocycles. The van der Waals surface area contributed by atoms with Gasteiger partial charge in [0.05, 0.1) is 0 Å². The summed E-state index contributed by atoms with van der Waals surface area (Å²) in [6.45, 7) is 1.46. The molecule has 0 aliphatic heterocycles. The molecule has 1 aromatic carbocycles. The fourth-order valence-corrected chi connectivity index (χ4v) is 2.10. The van der Waals surface area contributed by atoms with Crippen LogP contribution in [0.15, 0.2) is 41.7 Å². The first-order valence-electron chi connectivity index (χ1n) is 5.69. The smallest absolute Gasteiger partial charge is 0.307 e. The van der Waals surface area contributed by atoms with Gasteiger partial charge in [0.1, 0.15) is 5.76 Å². The van der Waals surface area contributed by atoms with E-state index < -0.39 is 0 Å². The van der Waals surface area contributed by atoms with Gasteiger partial charge in [0.2, 0.25) is 0 Å². The van der Waals surface area contributed by atoms with Crippen LogP contribution in [0.1, 0.15) is 31.7 Å². The van der Waals surface area contributed by atoms with Gasteiger partial charge in [-0.2, -0.15) is 0 Å². The maximum absolute atomic E-state index is 10.9. The predicted molar refractivity (Wildman–Crippen MR) is 62.8 cm³/mol. The van der Waals surface area contributed by atoms with Crippen molar-refractivity contribution in [3.05, 3.63) is 47.2 Å². The molecule has 0 atom stereocenters. The van der Waals surface area contributed by atoms with Crippen molar-refractivity contribution in [1.29, 1.82) is 0 Å². The maximum Gasteiger partial charge on any atom is 0.307 e. The Morgan fingerprint density at radius 1 is 1.25 bits per heavy atom. The zero-order valence-electron chi connectivity index (χ0n) is 9.53. The molecule has 0 aromatic heterocycles. The van der Waals surface area contributed by atoms with Gasteiger partial charge in [-0.05, 0) is 30.4 Å². The Kier molecular flexibility index (Phi) is 3.40. The second-order valence-corrected chi connectivity index (χ2v) is 4.14. The van der Waals surface area contributed by atoms with Crippen molar-refractivity contribution >= 4 is 5.97 Å². The highest BCUT2D eigenvalue weighted by Gasteiger charge is 2.17. The van der Waals surface area contributed by atoms with E-state index in [1.54, 1.807) is 0 Å². The zero-order chi connectivity index (χ0) is 11.4. The Hall–Kier alpha value is -1.57. The second-order valence-electron chi connectivity index (χ2n) is 4.14. The third-order valence-corrected chi connectivity index (χ3v) is 2.80. The Labute approximate surface area is 95.9 Å². The highest BCUT2D eigenvalue weighted by molar-refractivity contribution is 5.67. The summed E-state index contributed by atoms with van der Waals surface area (Å²) in [7, 11) is 0. The minimum atomic E-state index is -0.206. The van der Waals surface area contributed by atoms with Crippen LogP contribution in [0.3, 0.4) is 0 Å². The molecule has 2 nitrogen and oxygen atoms in total. The monoisotopic (exact) mass is 216 g/mol. The van der Waals surface area contributed by atoms with Gasteiger partial charge >= 0.3 is 5.97 Å². The van der Waals surface area contributed by atoms with E-state index in [0.29, 0.717) is 0 Å². The molecular weight excluding hydrogens is 200 g/mol. The van der Waals surface area contributed by atoms with Gasteiger partial charge in [-0.25, -0.2) is 0 Å². The van der Waals surface area contributed by atoms with E-state index in [0.717, 1.165) is 31.4 Å². The number of carbonyl (C=O) groups excluding carboxylic acids is 1. The van der Waals surface area contributed by atoms with E-state index in [4.69, 9.17) is 4.74 Å². The standard InChI is InChI=1S/C14H16O2/c1-11(15)16-14-9-5-8-13(14)10-12-6-3-2-4-7-12/h2-4,6-7H,5,8-10H2,1H3. The average Bonchev–Trinajstić information content (AvgIpc) is 2.66. The van der Waals surface area contributed by atoms with Crippen molar-refractivity contribution in [3.8, 4) is 0 Å². The normalized spacial score (nSPS) is 15.3. The second kappa shape index (κ2) is 4.97. The van der Waals surface area contributed by atoms with Crippen LogP contribution < -0.4 is 0 Å². The number of ether oxygens (including phenoxy) is 1. The SMILES string of the molecule is CC(=O)OC1=C(Cc2ccccc2)CCC1. The Balaban J connectivity index is 2.10. The van der Waals surface area contributed by atoms with Crippen LogP contribution in [0.5, 0.6) is 0 Å². The van der Waals surface area contributed by atoms with Crippen molar-refractivity contribution in [2.45, 2.75) is 32.6 Å². The molecule has 0 unspecified atom stereocenters. The summed E-state index contributed by atoms with van der Waals surface area (Å²) in [5.41, 5.74) is 2.56. The number of benzene rings is 1. The van der Waals surface area contributed by atoms with Crippen LogP contribution >= 0.6 is 0 Å². The molecule has 0 fully saturated rings. The molecule has 0 heterocycles. The summed E-state index contributed by atoms with van der Waals surface area (Å²) in [6, 6.07) is 10.3. The van der Waals surface area contributed by atoms with Crippen LogP contribution in [0.2, 0.25) is 0 Å². The molecule has 84 valence electrons. The number of carbonyl (C=O) groups is 1. The third kappa shape index (κ3) is 2.72. The first kappa shape index (κ1) is 10.9. The van der Waals surface area contributed by atoms with Gasteiger partial charge in [-0.3, -0.25) is 4.79 Å². The Morgan fingerprint density at radius 2 is 2.00 bits per heavy atom. The van der Waals surface area contributed by atoms with Crippen LogP contribution in [-0.2, 0) is 16.0 Å². The van der Waals surface area contributed by atoms with Crippen LogP contribution in [0, 0.1) is 0 Å². The zero-order valence-corrected chi connectivity index (χ0v) is 9.53. The summed E-state index contributed by atoms with van der Waals surface area (Å²) >= 11 is 0. The minimum Gasteiger partial charge on any atom is -0.431 e. The van der Waals surface area contributed by atoms with Gasteiger partial charge in [0, 0.05) is 13.3 Å². The average molecular weight is 216 g/mol. The van der Waals surface area contributed by atoms with Crippen LogP contribution in [0.4, 0.5) is 0 Å². The van der Waals surface area contributed by atoms with Gasteiger partial charge in [-0.1, -0.05) is 30.3 Å². The first-order chi connectivity index (χ1) is 7.75. The molecule has 0 radical (unpaired) electrons. The number of hydrogen-bond donors (Lipinski definition) is 0. The van der Waals surface area contributed by atoms with E-state index in [-0.39, 0.29) is 5.97 Å².